The van der Waals surface area contributed by atoms with E-state index in [0.717, 1.165) is 45.4 Å². The Hall–Kier alpha value is -0.990. The predicted octanol–water partition coefficient (Wildman–Crippen LogP) is 3.38. The molecular formula is C23H50N5O4P. The lowest BCUT2D eigenvalue weighted by Crippen LogP contribution is -2.42. The summed E-state index contributed by atoms with van der Waals surface area (Å²) in [5, 5.41) is 8.32. The van der Waals surface area contributed by atoms with Crippen LogP contribution in [0.1, 0.15) is 91.7 Å². The molecule has 1 unspecified atom stereocenters. The standard InChI is InChI=1S/C17H36N5.C6H15O4P/c1-5-9-13-18-15-19-22-16(11-7-3)20-21(14-10-6-2)17(22)12-8-4;1-5-11(7,8)6(2,9-3)10-4/h18-19H,5-15H2,1-4H3;5H2,1-4H3,(H,7,8)/q+1;/p-1. The van der Waals surface area contributed by atoms with Crippen LogP contribution in [-0.4, -0.2) is 48.9 Å². The molecule has 0 aliphatic carbocycles. The molecule has 0 saturated carbocycles. The minimum Gasteiger partial charge on any atom is -0.796 e. The Morgan fingerprint density at radius 2 is 1.64 bits per heavy atom. The third kappa shape index (κ3) is 10.4. The highest BCUT2D eigenvalue weighted by atomic mass is 31.2. The van der Waals surface area contributed by atoms with Gasteiger partial charge >= 0.3 is 5.82 Å². The molecule has 1 aromatic rings. The number of aromatic nitrogens is 3. The van der Waals surface area contributed by atoms with Crippen LogP contribution in [0.3, 0.4) is 0 Å². The number of hydrogen-bond acceptors (Lipinski definition) is 7. The second-order valence-corrected chi connectivity index (χ2v) is 11.0. The zero-order chi connectivity index (χ0) is 25.3. The van der Waals surface area contributed by atoms with Crippen molar-refractivity contribution in [2.24, 2.45) is 0 Å². The summed E-state index contributed by atoms with van der Waals surface area (Å²) in [5.41, 5.74) is 2.06. The number of rotatable bonds is 17. The Kier molecular flexibility index (Phi) is 16.9. The maximum Gasteiger partial charge on any atom is 0.302 e. The first-order chi connectivity index (χ1) is 15.7. The van der Waals surface area contributed by atoms with Crippen molar-refractivity contribution in [1.82, 2.24) is 15.1 Å². The van der Waals surface area contributed by atoms with E-state index in [2.05, 4.69) is 47.8 Å². The highest BCUT2D eigenvalue weighted by molar-refractivity contribution is 7.57. The summed E-state index contributed by atoms with van der Waals surface area (Å²) in [4.78, 5) is 11.3. The molecule has 196 valence electrons. The average Bonchev–Trinajstić information content (AvgIpc) is 3.13. The molecular weight excluding hydrogens is 441 g/mol. The number of ether oxygens (including phenoxy) is 2. The Labute approximate surface area is 202 Å². The normalized spacial score (nSPS) is 13.4. The van der Waals surface area contributed by atoms with Crippen molar-refractivity contribution in [3.05, 3.63) is 11.6 Å². The Morgan fingerprint density at radius 3 is 2.09 bits per heavy atom. The van der Waals surface area contributed by atoms with Crippen molar-refractivity contribution in [3.8, 4) is 0 Å². The van der Waals surface area contributed by atoms with Crippen LogP contribution in [0.5, 0.6) is 0 Å². The van der Waals surface area contributed by atoms with E-state index in [1.165, 1.54) is 58.5 Å². The van der Waals surface area contributed by atoms with E-state index in [9.17, 15) is 9.46 Å². The van der Waals surface area contributed by atoms with Gasteiger partial charge in [0.25, 0.3) is 5.82 Å². The van der Waals surface area contributed by atoms with Crippen LogP contribution in [0.4, 0.5) is 0 Å². The fraction of sp³-hybridized carbons (Fsp3) is 0.913. The van der Waals surface area contributed by atoms with Crippen LogP contribution in [0.15, 0.2) is 0 Å². The second kappa shape index (κ2) is 17.4. The highest BCUT2D eigenvalue weighted by Crippen LogP contribution is 2.50. The van der Waals surface area contributed by atoms with Crippen LogP contribution in [-0.2, 0) is 33.4 Å². The quantitative estimate of drug-likeness (QED) is 0.149. The topological polar surface area (TPSA) is 104 Å². The van der Waals surface area contributed by atoms with Gasteiger partial charge in [0.15, 0.2) is 0 Å². The van der Waals surface area contributed by atoms with Gasteiger partial charge in [-0.1, -0.05) is 47.5 Å². The summed E-state index contributed by atoms with van der Waals surface area (Å²) in [7, 11) is -0.971. The average molecular weight is 492 g/mol. The summed E-state index contributed by atoms with van der Waals surface area (Å²) in [5.74, 6) is 2.48. The van der Waals surface area contributed by atoms with Gasteiger partial charge in [0, 0.05) is 20.6 Å². The van der Waals surface area contributed by atoms with E-state index in [4.69, 9.17) is 14.6 Å². The van der Waals surface area contributed by atoms with Gasteiger partial charge in [-0.2, -0.15) is 0 Å². The summed E-state index contributed by atoms with van der Waals surface area (Å²) in [6.07, 6.45) is 9.27. The smallest absolute Gasteiger partial charge is 0.302 e. The molecule has 0 aromatic carbocycles. The van der Waals surface area contributed by atoms with E-state index in [-0.39, 0.29) is 6.16 Å². The fourth-order valence-corrected chi connectivity index (χ4v) is 4.33. The zero-order valence-electron chi connectivity index (χ0n) is 22.4. The number of unbranched alkanes of at least 4 members (excludes halogenated alkanes) is 2. The van der Waals surface area contributed by atoms with E-state index < -0.39 is 12.9 Å². The third-order valence-corrected chi connectivity index (χ3v) is 8.02. The van der Waals surface area contributed by atoms with Crippen molar-refractivity contribution < 1.29 is 23.6 Å². The third-order valence-electron chi connectivity index (χ3n) is 5.58. The molecule has 1 heterocycles. The van der Waals surface area contributed by atoms with E-state index in [1.807, 2.05) is 0 Å². The highest BCUT2D eigenvalue weighted by Gasteiger charge is 2.34. The molecule has 0 aliphatic rings. The van der Waals surface area contributed by atoms with Crippen molar-refractivity contribution in [2.45, 2.75) is 105 Å². The minimum absolute atomic E-state index is 0.0329. The number of methoxy groups -OCH3 is 2. The first-order valence-electron chi connectivity index (χ1n) is 12.6. The largest absolute Gasteiger partial charge is 0.796 e. The number of aryl methyl sites for hydroxylation is 2. The molecule has 0 amide bonds. The first kappa shape index (κ1) is 32.0. The van der Waals surface area contributed by atoms with Crippen molar-refractivity contribution in [3.63, 3.8) is 0 Å². The van der Waals surface area contributed by atoms with Crippen molar-refractivity contribution in [1.29, 1.82) is 0 Å². The summed E-state index contributed by atoms with van der Waals surface area (Å²) in [6, 6.07) is 0. The molecule has 1 rings (SSSR count). The van der Waals surface area contributed by atoms with E-state index in [0.29, 0.717) is 0 Å². The van der Waals surface area contributed by atoms with Gasteiger partial charge in [0.05, 0.1) is 13.8 Å². The lowest BCUT2D eigenvalue weighted by Gasteiger charge is -2.38. The van der Waals surface area contributed by atoms with Crippen LogP contribution in [0, 0.1) is 0 Å². The summed E-state index contributed by atoms with van der Waals surface area (Å²) < 4.78 is 25.2. The maximum atomic E-state index is 11.3. The molecule has 9 nitrogen and oxygen atoms in total. The van der Waals surface area contributed by atoms with Crippen LogP contribution in [0.25, 0.3) is 0 Å². The van der Waals surface area contributed by atoms with Crippen LogP contribution >= 0.6 is 7.37 Å². The van der Waals surface area contributed by atoms with Gasteiger partial charge < -0.3 is 18.9 Å². The molecule has 0 bridgehead atoms. The minimum atomic E-state index is -3.59. The maximum absolute atomic E-state index is 11.3. The van der Waals surface area contributed by atoms with E-state index >= 15 is 0 Å². The lowest BCUT2D eigenvalue weighted by atomic mass is 10.3. The molecule has 0 saturated heterocycles. The molecule has 2 N–H and O–H groups in total. The Balaban J connectivity index is 0.000000785. The second-order valence-electron chi connectivity index (χ2n) is 8.23. The molecule has 0 fully saturated rings. The van der Waals surface area contributed by atoms with Crippen molar-refractivity contribution in [2.75, 3.05) is 39.0 Å². The van der Waals surface area contributed by atoms with Gasteiger partial charge in [0.1, 0.15) is 13.2 Å². The molecule has 33 heavy (non-hydrogen) atoms. The van der Waals surface area contributed by atoms with Crippen molar-refractivity contribution >= 4 is 7.37 Å². The fourth-order valence-electron chi connectivity index (χ4n) is 3.20. The van der Waals surface area contributed by atoms with Gasteiger partial charge in [-0.25, -0.2) is 5.43 Å². The zero-order valence-corrected chi connectivity index (χ0v) is 23.3. The van der Waals surface area contributed by atoms with Gasteiger partial charge in [-0.05, 0) is 50.4 Å². The first-order valence-corrected chi connectivity index (χ1v) is 14.4. The number of hydrogen-bond donors (Lipinski definition) is 2. The molecule has 1 aromatic heterocycles. The Morgan fingerprint density at radius 1 is 1.03 bits per heavy atom. The summed E-state index contributed by atoms with van der Waals surface area (Å²) in [6.45, 7) is 14.8. The monoisotopic (exact) mass is 491 g/mol. The Bertz CT molecular complexity index is 680. The molecule has 1 atom stereocenters. The van der Waals surface area contributed by atoms with Gasteiger partial charge in [-0.3, -0.25) is 5.32 Å². The van der Waals surface area contributed by atoms with Crippen LogP contribution in [0.2, 0.25) is 0 Å². The number of nitrogens with zero attached hydrogens (tertiary/aromatic N) is 3. The SMILES string of the molecule is CCCCNCNn1c(CCC)n[n+](CCCC)c1CCC.CCP(=O)([O-])C(C)(OC)OC. The predicted molar refractivity (Wildman–Crippen MR) is 133 cm³/mol. The molecule has 0 radical (unpaired) electrons. The molecule has 10 heteroatoms. The van der Waals surface area contributed by atoms with Gasteiger partial charge in [-0.15, -0.1) is 9.36 Å². The summed E-state index contributed by atoms with van der Waals surface area (Å²) >= 11 is 0. The lowest BCUT2D eigenvalue weighted by molar-refractivity contribution is -0.759. The molecule has 0 aliphatic heterocycles. The number of nitrogens with one attached hydrogen (secondary N) is 2. The van der Waals surface area contributed by atoms with Gasteiger partial charge in [0.2, 0.25) is 5.53 Å². The van der Waals surface area contributed by atoms with E-state index in [1.54, 1.807) is 6.92 Å². The molecule has 0 spiro atoms. The van der Waals surface area contributed by atoms with Crippen LogP contribution < -0.4 is 20.3 Å².